The third-order valence-corrected chi connectivity index (χ3v) is 2.61. The van der Waals surface area contributed by atoms with Crippen molar-refractivity contribution in [2.24, 2.45) is 5.41 Å². The van der Waals surface area contributed by atoms with Gasteiger partial charge in [-0.2, -0.15) is 4.98 Å². The van der Waals surface area contributed by atoms with Crippen LogP contribution in [-0.4, -0.2) is 17.3 Å². The zero-order valence-corrected chi connectivity index (χ0v) is 11.7. The Kier molecular flexibility index (Phi) is 3.46. The summed E-state index contributed by atoms with van der Waals surface area (Å²) in [7, 11) is 1.59. The minimum atomic E-state index is 0.117. The quantitative estimate of drug-likeness (QED) is 0.860. The van der Waals surface area contributed by atoms with E-state index in [0.717, 1.165) is 12.0 Å². The predicted molar refractivity (Wildman–Crippen MR) is 73.9 cm³/mol. The van der Waals surface area contributed by atoms with Gasteiger partial charge in [-0.05, 0) is 17.5 Å². The van der Waals surface area contributed by atoms with E-state index >= 15 is 0 Å². The lowest BCUT2D eigenvalue weighted by atomic mass is 9.92. The third kappa shape index (κ3) is 3.24. The zero-order chi connectivity index (χ0) is 14.0. The maximum atomic E-state index is 5.72. The number of nitrogen functional groups attached to an aromatic ring is 1. The molecule has 2 N–H and O–H groups in total. The number of ether oxygens (including phenoxy) is 1. The van der Waals surface area contributed by atoms with Gasteiger partial charge < -0.3 is 15.0 Å². The number of nitrogens with two attached hydrogens (primary N) is 1. The van der Waals surface area contributed by atoms with Crippen molar-refractivity contribution in [1.82, 2.24) is 10.1 Å². The molecule has 0 unspecified atom stereocenters. The smallest absolute Gasteiger partial charge is 0.261 e. The lowest BCUT2D eigenvalue weighted by Gasteiger charge is -2.14. The van der Waals surface area contributed by atoms with Crippen molar-refractivity contribution < 1.29 is 9.26 Å². The minimum Gasteiger partial charge on any atom is -0.496 e. The molecule has 0 atom stereocenters. The molecule has 0 amide bonds. The van der Waals surface area contributed by atoms with Gasteiger partial charge in [-0.15, -0.1) is 0 Å². The van der Waals surface area contributed by atoms with E-state index in [1.54, 1.807) is 19.2 Å². The maximum absolute atomic E-state index is 5.72. The fraction of sp³-hybridized carbons (Fsp3) is 0.429. The summed E-state index contributed by atoms with van der Waals surface area (Å²) in [6.07, 6.45) is 0.758. The topological polar surface area (TPSA) is 74.2 Å². The highest BCUT2D eigenvalue weighted by Gasteiger charge is 2.18. The Morgan fingerprint density at radius 2 is 2.05 bits per heavy atom. The van der Waals surface area contributed by atoms with E-state index in [4.69, 9.17) is 15.0 Å². The highest BCUT2D eigenvalue weighted by atomic mass is 16.5. The molecule has 2 aromatic rings. The number of nitrogens with zero attached hydrogens (tertiary/aromatic N) is 2. The Balaban J connectivity index is 2.33. The van der Waals surface area contributed by atoms with Crippen molar-refractivity contribution in [2.75, 3.05) is 12.8 Å². The molecule has 0 aliphatic rings. The van der Waals surface area contributed by atoms with Crippen LogP contribution in [0.4, 0.5) is 5.69 Å². The number of aromatic nitrogens is 2. The number of rotatable bonds is 3. The number of hydrogen-bond donors (Lipinski definition) is 1. The lowest BCUT2D eigenvalue weighted by molar-refractivity contribution is 0.373. The van der Waals surface area contributed by atoms with Gasteiger partial charge >= 0.3 is 0 Å². The summed E-state index contributed by atoms with van der Waals surface area (Å²) in [5.41, 5.74) is 7.23. The number of hydrogen-bond acceptors (Lipinski definition) is 5. The van der Waals surface area contributed by atoms with Crippen molar-refractivity contribution >= 4 is 5.69 Å². The van der Waals surface area contributed by atoms with Gasteiger partial charge in [0.25, 0.3) is 5.89 Å². The number of anilines is 1. The second-order valence-corrected chi connectivity index (χ2v) is 5.71. The van der Waals surface area contributed by atoms with Crippen molar-refractivity contribution in [3.8, 4) is 17.2 Å². The summed E-state index contributed by atoms with van der Waals surface area (Å²) >= 11 is 0. The minimum absolute atomic E-state index is 0.117. The largest absolute Gasteiger partial charge is 0.496 e. The highest BCUT2D eigenvalue weighted by molar-refractivity contribution is 5.66. The molecule has 0 bridgehead atoms. The van der Waals surface area contributed by atoms with Crippen LogP contribution in [0.3, 0.4) is 0 Å². The third-order valence-electron chi connectivity index (χ3n) is 2.61. The standard InChI is InChI=1S/C14H19N3O2/c1-14(2,3)8-12-16-13(19-17-12)10-6-5-9(15)7-11(10)18-4/h5-7H,8,15H2,1-4H3. The van der Waals surface area contributed by atoms with Crippen LogP contribution in [0.1, 0.15) is 26.6 Å². The molecule has 0 radical (unpaired) electrons. The molecule has 0 aliphatic carbocycles. The molecule has 102 valence electrons. The molecule has 1 aromatic heterocycles. The van der Waals surface area contributed by atoms with E-state index < -0.39 is 0 Å². The predicted octanol–water partition coefficient (Wildman–Crippen LogP) is 2.92. The summed E-state index contributed by atoms with van der Waals surface area (Å²) in [5.74, 6) is 1.78. The van der Waals surface area contributed by atoms with Crippen molar-refractivity contribution in [2.45, 2.75) is 27.2 Å². The van der Waals surface area contributed by atoms with Gasteiger partial charge in [-0.25, -0.2) is 0 Å². The summed E-state index contributed by atoms with van der Waals surface area (Å²) < 4.78 is 10.6. The Morgan fingerprint density at radius 3 is 2.68 bits per heavy atom. The Hall–Kier alpha value is -2.04. The Bertz CT molecular complexity index is 570. The SMILES string of the molecule is COc1cc(N)ccc1-c1nc(CC(C)(C)C)no1. The lowest BCUT2D eigenvalue weighted by Crippen LogP contribution is -2.10. The molecule has 0 fully saturated rings. The van der Waals surface area contributed by atoms with Crippen molar-refractivity contribution in [3.05, 3.63) is 24.0 Å². The van der Waals surface area contributed by atoms with Crippen LogP contribution in [0.5, 0.6) is 5.75 Å². The van der Waals surface area contributed by atoms with E-state index in [9.17, 15) is 0 Å². The first-order valence-electron chi connectivity index (χ1n) is 6.15. The van der Waals surface area contributed by atoms with Crippen LogP contribution in [0.2, 0.25) is 0 Å². The van der Waals surface area contributed by atoms with Gasteiger partial charge in [0.2, 0.25) is 0 Å². The van der Waals surface area contributed by atoms with Crippen LogP contribution >= 0.6 is 0 Å². The van der Waals surface area contributed by atoms with Crippen molar-refractivity contribution in [1.29, 1.82) is 0 Å². The van der Waals surface area contributed by atoms with Gasteiger partial charge in [0.1, 0.15) is 5.75 Å². The number of methoxy groups -OCH3 is 1. The molecule has 0 saturated heterocycles. The van der Waals surface area contributed by atoms with Crippen LogP contribution in [-0.2, 0) is 6.42 Å². The van der Waals surface area contributed by atoms with E-state index in [-0.39, 0.29) is 5.41 Å². The average molecular weight is 261 g/mol. The first-order valence-corrected chi connectivity index (χ1v) is 6.15. The van der Waals surface area contributed by atoms with Gasteiger partial charge in [0, 0.05) is 18.2 Å². The molecule has 5 heteroatoms. The summed E-state index contributed by atoms with van der Waals surface area (Å²) in [6, 6.07) is 5.34. The van der Waals surface area contributed by atoms with E-state index in [1.807, 2.05) is 6.07 Å². The fourth-order valence-corrected chi connectivity index (χ4v) is 1.79. The number of benzene rings is 1. The Labute approximate surface area is 112 Å². The van der Waals surface area contributed by atoms with Crippen LogP contribution in [0.25, 0.3) is 11.5 Å². The van der Waals surface area contributed by atoms with Gasteiger partial charge in [0.15, 0.2) is 5.82 Å². The summed E-state index contributed by atoms with van der Waals surface area (Å²) in [4.78, 5) is 4.41. The highest BCUT2D eigenvalue weighted by Crippen LogP contribution is 2.31. The fourth-order valence-electron chi connectivity index (χ4n) is 1.79. The molecule has 19 heavy (non-hydrogen) atoms. The maximum Gasteiger partial charge on any atom is 0.261 e. The molecule has 2 rings (SSSR count). The first kappa shape index (κ1) is 13.4. The van der Waals surface area contributed by atoms with E-state index in [0.29, 0.717) is 23.2 Å². The Morgan fingerprint density at radius 1 is 1.32 bits per heavy atom. The molecular formula is C14H19N3O2. The molecule has 1 heterocycles. The van der Waals surface area contributed by atoms with Crippen LogP contribution < -0.4 is 10.5 Å². The van der Waals surface area contributed by atoms with Crippen LogP contribution in [0, 0.1) is 5.41 Å². The molecular weight excluding hydrogens is 242 g/mol. The monoisotopic (exact) mass is 261 g/mol. The summed E-state index contributed by atoms with van der Waals surface area (Å²) in [5, 5.41) is 4.00. The van der Waals surface area contributed by atoms with Gasteiger partial charge in [-0.1, -0.05) is 25.9 Å². The van der Waals surface area contributed by atoms with E-state index in [1.165, 1.54) is 0 Å². The molecule has 0 spiro atoms. The molecule has 0 saturated carbocycles. The zero-order valence-electron chi connectivity index (χ0n) is 11.7. The summed E-state index contributed by atoms with van der Waals surface area (Å²) in [6.45, 7) is 6.40. The normalized spacial score (nSPS) is 11.6. The molecule has 0 aliphatic heterocycles. The van der Waals surface area contributed by atoms with Crippen LogP contribution in [0.15, 0.2) is 22.7 Å². The molecule has 1 aromatic carbocycles. The second-order valence-electron chi connectivity index (χ2n) is 5.71. The average Bonchev–Trinajstić information content (AvgIpc) is 2.74. The second kappa shape index (κ2) is 4.91. The van der Waals surface area contributed by atoms with Gasteiger partial charge in [-0.3, -0.25) is 0 Å². The van der Waals surface area contributed by atoms with Gasteiger partial charge in [0.05, 0.1) is 12.7 Å². The molecule has 5 nitrogen and oxygen atoms in total. The van der Waals surface area contributed by atoms with E-state index in [2.05, 4.69) is 30.9 Å². The first-order chi connectivity index (χ1) is 8.89. The van der Waals surface area contributed by atoms with Crippen molar-refractivity contribution in [3.63, 3.8) is 0 Å².